The molecule has 0 amide bonds. The van der Waals surface area contributed by atoms with Crippen molar-refractivity contribution in [1.82, 2.24) is 9.13 Å². The van der Waals surface area contributed by atoms with Gasteiger partial charge in [0.2, 0.25) is 0 Å². The summed E-state index contributed by atoms with van der Waals surface area (Å²) in [4.78, 5) is 0. The third-order valence-electron chi connectivity index (χ3n) is 9.36. The van der Waals surface area contributed by atoms with E-state index in [0.29, 0.717) is 22.5 Å². The Kier molecular flexibility index (Phi) is 6.54. The Morgan fingerprint density at radius 3 is 1.25 bits per heavy atom. The van der Waals surface area contributed by atoms with Crippen molar-refractivity contribution in [2.24, 2.45) is 0 Å². The van der Waals surface area contributed by atoms with Gasteiger partial charge in [0, 0.05) is 27.1 Å². The van der Waals surface area contributed by atoms with Gasteiger partial charge in [-0.3, -0.25) is 0 Å². The molecule has 0 aliphatic carbocycles. The molecular formula is C42H30F3N3. The topological polar surface area (TPSA) is 33.6 Å². The summed E-state index contributed by atoms with van der Waals surface area (Å²) in [5.74, 6) is 0. The number of hydrogen-bond donors (Lipinski definition) is 0. The van der Waals surface area contributed by atoms with Crippen molar-refractivity contribution in [3.05, 3.63) is 143 Å². The molecule has 2 aromatic heterocycles. The van der Waals surface area contributed by atoms with E-state index in [1.54, 1.807) is 24.3 Å². The number of benzene rings is 6. The van der Waals surface area contributed by atoms with E-state index in [4.69, 9.17) is 0 Å². The maximum absolute atomic E-state index is 15.0. The molecular weight excluding hydrogens is 603 g/mol. The quantitative estimate of drug-likeness (QED) is 0.191. The Morgan fingerprint density at radius 1 is 0.521 bits per heavy atom. The molecule has 8 rings (SSSR count). The molecule has 0 aliphatic heterocycles. The largest absolute Gasteiger partial charge is 0.417 e. The number of nitriles is 1. The van der Waals surface area contributed by atoms with Gasteiger partial charge in [-0.2, -0.15) is 18.4 Å². The smallest absolute Gasteiger partial charge is 0.308 e. The second kappa shape index (κ2) is 10.6. The zero-order valence-corrected chi connectivity index (χ0v) is 26.9. The molecule has 0 fully saturated rings. The molecule has 0 bridgehead atoms. The van der Waals surface area contributed by atoms with E-state index in [2.05, 4.69) is 30.3 Å². The highest BCUT2D eigenvalue weighted by atomic mass is 19.4. The van der Waals surface area contributed by atoms with Crippen molar-refractivity contribution in [2.75, 3.05) is 0 Å². The lowest BCUT2D eigenvalue weighted by Crippen LogP contribution is -2.10. The standard InChI is InChI=1S/C42H30F3N3/c1-24-9-13-35-30(17-24)31-18-25(2)10-14-36(31)47(35)39-21-28(23-46)22-40(41(39)29-7-5-6-8-34(29)42(43,44)45)48-37-15-11-26(3)19-32(37)33-20-27(4)12-16-38(33)48/h5-22H,1-4H3. The molecule has 0 aliphatic rings. The molecule has 2 heterocycles. The second-order valence-corrected chi connectivity index (χ2v) is 12.8. The van der Waals surface area contributed by atoms with Crippen LogP contribution in [0.4, 0.5) is 13.2 Å². The summed E-state index contributed by atoms with van der Waals surface area (Å²) in [7, 11) is 0. The van der Waals surface area contributed by atoms with Crippen LogP contribution in [-0.2, 0) is 6.18 Å². The molecule has 0 radical (unpaired) electrons. The number of aromatic nitrogens is 2. The van der Waals surface area contributed by atoms with Crippen molar-refractivity contribution >= 4 is 43.6 Å². The maximum Gasteiger partial charge on any atom is 0.417 e. The predicted octanol–water partition coefficient (Wildman–Crippen LogP) is 11.7. The lowest BCUT2D eigenvalue weighted by Gasteiger charge is -2.23. The molecule has 0 N–H and O–H groups in total. The van der Waals surface area contributed by atoms with Crippen molar-refractivity contribution in [2.45, 2.75) is 33.9 Å². The van der Waals surface area contributed by atoms with Crippen LogP contribution in [0.3, 0.4) is 0 Å². The van der Waals surface area contributed by atoms with Gasteiger partial charge in [-0.05, 0) is 100.0 Å². The molecule has 48 heavy (non-hydrogen) atoms. The van der Waals surface area contributed by atoms with Crippen molar-refractivity contribution in [1.29, 1.82) is 5.26 Å². The lowest BCUT2D eigenvalue weighted by atomic mass is 9.94. The van der Waals surface area contributed by atoms with E-state index in [1.807, 2.05) is 85.4 Å². The first-order valence-electron chi connectivity index (χ1n) is 15.8. The normalized spacial score (nSPS) is 12.0. The van der Waals surface area contributed by atoms with Crippen LogP contribution in [0.5, 0.6) is 0 Å². The van der Waals surface area contributed by atoms with Gasteiger partial charge >= 0.3 is 6.18 Å². The summed E-state index contributed by atoms with van der Waals surface area (Å²) in [6.45, 7) is 8.13. The molecule has 0 saturated heterocycles. The molecule has 0 spiro atoms. The summed E-state index contributed by atoms with van der Waals surface area (Å²) in [6.07, 6.45) is -4.62. The summed E-state index contributed by atoms with van der Waals surface area (Å²) < 4.78 is 48.9. The molecule has 0 atom stereocenters. The number of aryl methyl sites for hydroxylation is 4. The van der Waals surface area contributed by atoms with Gasteiger partial charge < -0.3 is 9.13 Å². The summed E-state index contributed by atoms with van der Waals surface area (Å²) >= 11 is 0. The minimum absolute atomic E-state index is 0.0444. The van der Waals surface area contributed by atoms with Crippen molar-refractivity contribution < 1.29 is 13.2 Å². The Balaban J connectivity index is 1.63. The fourth-order valence-electron chi connectivity index (χ4n) is 7.27. The van der Waals surface area contributed by atoms with Gasteiger partial charge in [0.1, 0.15) is 0 Å². The number of rotatable bonds is 3. The van der Waals surface area contributed by atoms with Crippen LogP contribution in [0.15, 0.2) is 109 Å². The minimum atomic E-state index is -4.62. The van der Waals surface area contributed by atoms with Crippen LogP contribution < -0.4 is 0 Å². The highest BCUT2D eigenvalue weighted by molar-refractivity contribution is 6.12. The molecule has 6 aromatic carbocycles. The number of fused-ring (bicyclic) bond motifs is 6. The minimum Gasteiger partial charge on any atom is -0.308 e. The summed E-state index contributed by atoms with van der Waals surface area (Å²) in [5.41, 5.74) is 8.75. The van der Waals surface area contributed by atoms with E-state index in [0.717, 1.165) is 71.9 Å². The molecule has 0 unspecified atom stereocenters. The Morgan fingerprint density at radius 2 is 0.896 bits per heavy atom. The van der Waals surface area contributed by atoms with E-state index in [1.165, 1.54) is 6.07 Å². The average Bonchev–Trinajstić information content (AvgIpc) is 3.54. The molecule has 6 heteroatoms. The highest BCUT2D eigenvalue weighted by Gasteiger charge is 2.35. The highest BCUT2D eigenvalue weighted by Crippen LogP contribution is 2.46. The number of hydrogen-bond acceptors (Lipinski definition) is 1. The first-order valence-corrected chi connectivity index (χ1v) is 15.8. The van der Waals surface area contributed by atoms with Gasteiger partial charge in [-0.25, -0.2) is 0 Å². The third kappa shape index (κ3) is 4.50. The van der Waals surface area contributed by atoms with E-state index >= 15 is 0 Å². The van der Waals surface area contributed by atoms with Crippen molar-refractivity contribution in [3.8, 4) is 28.6 Å². The number of nitrogens with zero attached hydrogens (tertiary/aromatic N) is 3. The molecule has 3 nitrogen and oxygen atoms in total. The fraction of sp³-hybridized carbons (Fsp3) is 0.119. The number of halogens is 3. The predicted molar refractivity (Wildman–Crippen MR) is 189 cm³/mol. The monoisotopic (exact) mass is 633 g/mol. The Bertz CT molecular complexity index is 2400. The van der Waals surface area contributed by atoms with Crippen LogP contribution in [0.1, 0.15) is 33.4 Å². The molecule has 0 saturated carbocycles. The van der Waals surface area contributed by atoms with Gasteiger partial charge in [-0.1, -0.05) is 64.7 Å². The van der Waals surface area contributed by atoms with Gasteiger partial charge in [-0.15, -0.1) is 0 Å². The fourth-order valence-corrected chi connectivity index (χ4v) is 7.27. The number of alkyl halides is 3. The lowest BCUT2D eigenvalue weighted by molar-refractivity contribution is -0.137. The second-order valence-electron chi connectivity index (χ2n) is 12.8. The van der Waals surface area contributed by atoms with Crippen LogP contribution in [0.25, 0.3) is 66.1 Å². The third-order valence-corrected chi connectivity index (χ3v) is 9.36. The van der Waals surface area contributed by atoms with Crippen LogP contribution in [0.2, 0.25) is 0 Å². The SMILES string of the molecule is Cc1ccc2c(c1)c1cc(C)ccc1n2-c1cc(C#N)cc(-n2c3ccc(C)cc3c3cc(C)ccc32)c1-c1ccccc1C(F)(F)F. The van der Waals surface area contributed by atoms with Crippen LogP contribution in [0, 0.1) is 39.0 Å². The molecule has 234 valence electrons. The van der Waals surface area contributed by atoms with Gasteiger partial charge in [0.25, 0.3) is 0 Å². The van der Waals surface area contributed by atoms with E-state index < -0.39 is 11.7 Å². The van der Waals surface area contributed by atoms with E-state index in [-0.39, 0.29) is 5.56 Å². The van der Waals surface area contributed by atoms with Gasteiger partial charge in [0.15, 0.2) is 0 Å². The Hall–Kier alpha value is -5.80. The zero-order chi connectivity index (χ0) is 33.5. The molecule has 8 aromatic rings. The first kappa shape index (κ1) is 29.6. The Labute approximate surface area is 275 Å². The van der Waals surface area contributed by atoms with Crippen molar-refractivity contribution in [3.63, 3.8) is 0 Å². The maximum atomic E-state index is 15.0. The van der Waals surface area contributed by atoms with Gasteiger partial charge in [0.05, 0.1) is 50.6 Å². The zero-order valence-electron chi connectivity index (χ0n) is 26.9. The summed E-state index contributed by atoms with van der Waals surface area (Å²) in [6, 6.07) is 36.1. The first-order chi connectivity index (χ1) is 23.0. The van der Waals surface area contributed by atoms with Crippen LogP contribution >= 0.6 is 0 Å². The van der Waals surface area contributed by atoms with Crippen LogP contribution in [-0.4, -0.2) is 9.13 Å². The average molecular weight is 634 g/mol. The van der Waals surface area contributed by atoms with E-state index in [9.17, 15) is 18.4 Å². The summed E-state index contributed by atoms with van der Waals surface area (Å²) in [5, 5.41) is 14.5.